The molecule has 98 valence electrons. The SMILES string of the molecule is O=C(Nc1ccc(Br)cc1)c1csc2c1CCCC2. The maximum Gasteiger partial charge on any atom is 0.256 e. The van der Waals surface area contributed by atoms with Crippen LogP contribution in [0, 0.1) is 0 Å². The van der Waals surface area contributed by atoms with E-state index in [-0.39, 0.29) is 5.91 Å². The van der Waals surface area contributed by atoms with Crippen molar-refractivity contribution in [3.8, 4) is 0 Å². The van der Waals surface area contributed by atoms with Gasteiger partial charge in [0.05, 0.1) is 5.56 Å². The van der Waals surface area contributed by atoms with E-state index in [1.54, 1.807) is 11.3 Å². The van der Waals surface area contributed by atoms with Crippen LogP contribution in [0.15, 0.2) is 34.1 Å². The highest BCUT2D eigenvalue weighted by Gasteiger charge is 2.19. The zero-order valence-corrected chi connectivity index (χ0v) is 12.8. The zero-order valence-electron chi connectivity index (χ0n) is 10.4. The molecule has 0 bridgehead atoms. The highest BCUT2D eigenvalue weighted by atomic mass is 79.9. The number of thiophene rings is 1. The Hall–Kier alpha value is -1.13. The maximum absolute atomic E-state index is 12.3. The summed E-state index contributed by atoms with van der Waals surface area (Å²) in [7, 11) is 0. The second kappa shape index (κ2) is 5.47. The molecule has 0 saturated carbocycles. The summed E-state index contributed by atoms with van der Waals surface area (Å²) in [5.74, 6) is 0.0155. The predicted octanol–water partition coefficient (Wildman–Crippen LogP) is 4.64. The molecule has 1 aromatic heterocycles. The fraction of sp³-hybridized carbons (Fsp3) is 0.267. The van der Waals surface area contributed by atoms with Gasteiger partial charge in [-0.15, -0.1) is 11.3 Å². The summed E-state index contributed by atoms with van der Waals surface area (Å²) in [6.45, 7) is 0. The number of benzene rings is 1. The number of aryl methyl sites for hydroxylation is 1. The first-order valence-electron chi connectivity index (χ1n) is 6.40. The molecule has 1 N–H and O–H groups in total. The third kappa shape index (κ3) is 2.74. The van der Waals surface area contributed by atoms with Crippen molar-refractivity contribution < 1.29 is 4.79 Å². The van der Waals surface area contributed by atoms with Crippen molar-refractivity contribution >= 4 is 38.9 Å². The summed E-state index contributed by atoms with van der Waals surface area (Å²) in [4.78, 5) is 13.7. The minimum atomic E-state index is 0.0155. The van der Waals surface area contributed by atoms with Crippen LogP contribution in [0.4, 0.5) is 5.69 Å². The Morgan fingerprint density at radius 1 is 1.16 bits per heavy atom. The van der Waals surface area contributed by atoms with Gasteiger partial charge in [-0.2, -0.15) is 0 Å². The monoisotopic (exact) mass is 335 g/mol. The van der Waals surface area contributed by atoms with Gasteiger partial charge in [-0.05, 0) is 55.5 Å². The quantitative estimate of drug-likeness (QED) is 0.850. The summed E-state index contributed by atoms with van der Waals surface area (Å²) in [5, 5.41) is 4.97. The van der Waals surface area contributed by atoms with E-state index in [2.05, 4.69) is 21.2 Å². The fourth-order valence-electron chi connectivity index (χ4n) is 2.42. The Labute approximate surface area is 125 Å². The van der Waals surface area contributed by atoms with E-state index >= 15 is 0 Å². The number of halogens is 1. The highest BCUT2D eigenvalue weighted by Crippen LogP contribution is 2.30. The molecule has 2 aromatic rings. The Balaban J connectivity index is 1.80. The molecular weight excluding hydrogens is 322 g/mol. The van der Waals surface area contributed by atoms with Crippen LogP contribution in [0.3, 0.4) is 0 Å². The van der Waals surface area contributed by atoms with Crippen molar-refractivity contribution in [1.29, 1.82) is 0 Å². The number of hydrogen-bond donors (Lipinski definition) is 1. The number of rotatable bonds is 2. The molecule has 0 radical (unpaired) electrons. The van der Waals surface area contributed by atoms with E-state index in [1.807, 2.05) is 29.6 Å². The fourth-order valence-corrected chi connectivity index (χ4v) is 3.81. The average molecular weight is 336 g/mol. The molecule has 0 atom stereocenters. The van der Waals surface area contributed by atoms with Crippen molar-refractivity contribution in [2.75, 3.05) is 5.32 Å². The molecule has 1 amide bonds. The lowest BCUT2D eigenvalue weighted by Crippen LogP contribution is -2.14. The molecule has 0 unspecified atom stereocenters. The maximum atomic E-state index is 12.3. The zero-order chi connectivity index (χ0) is 13.2. The van der Waals surface area contributed by atoms with Gasteiger partial charge in [0.15, 0.2) is 0 Å². The number of hydrogen-bond acceptors (Lipinski definition) is 2. The summed E-state index contributed by atoms with van der Waals surface area (Å²) >= 11 is 5.11. The van der Waals surface area contributed by atoms with E-state index in [4.69, 9.17) is 0 Å². The van der Waals surface area contributed by atoms with Crippen molar-refractivity contribution in [2.24, 2.45) is 0 Å². The van der Waals surface area contributed by atoms with Gasteiger partial charge < -0.3 is 5.32 Å². The molecule has 3 rings (SSSR count). The van der Waals surface area contributed by atoms with Crippen molar-refractivity contribution in [2.45, 2.75) is 25.7 Å². The van der Waals surface area contributed by atoms with Crippen LogP contribution in [0.1, 0.15) is 33.6 Å². The minimum absolute atomic E-state index is 0.0155. The number of anilines is 1. The molecule has 1 aromatic carbocycles. The second-order valence-electron chi connectivity index (χ2n) is 4.72. The number of carbonyl (C=O) groups is 1. The van der Waals surface area contributed by atoms with Crippen LogP contribution in [0.5, 0.6) is 0 Å². The number of amides is 1. The van der Waals surface area contributed by atoms with Gasteiger partial charge in [0.2, 0.25) is 0 Å². The summed E-state index contributed by atoms with van der Waals surface area (Å²) in [6, 6.07) is 7.67. The molecule has 1 aliphatic rings. The first-order chi connectivity index (χ1) is 9.24. The molecule has 19 heavy (non-hydrogen) atoms. The third-order valence-electron chi connectivity index (χ3n) is 3.41. The van der Waals surface area contributed by atoms with Crippen molar-refractivity contribution in [1.82, 2.24) is 0 Å². The van der Waals surface area contributed by atoms with Crippen LogP contribution in [0.25, 0.3) is 0 Å². The molecule has 0 fully saturated rings. The van der Waals surface area contributed by atoms with E-state index in [0.717, 1.165) is 28.6 Å². The molecule has 0 saturated heterocycles. The van der Waals surface area contributed by atoms with E-state index < -0.39 is 0 Å². The van der Waals surface area contributed by atoms with E-state index in [1.165, 1.54) is 23.3 Å². The van der Waals surface area contributed by atoms with Crippen molar-refractivity contribution in [3.63, 3.8) is 0 Å². The average Bonchev–Trinajstić information content (AvgIpc) is 2.85. The molecule has 0 aliphatic heterocycles. The highest BCUT2D eigenvalue weighted by molar-refractivity contribution is 9.10. The van der Waals surface area contributed by atoms with Crippen LogP contribution in [0.2, 0.25) is 0 Å². The van der Waals surface area contributed by atoms with Gasteiger partial charge in [0, 0.05) is 20.4 Å². The normalized spacial score (nSPS) is 13.9. The summed E-state index contributed by atoms with van der Waals surface area (Å²) < 4.78 is 1.01. The lowest BCUT2D eigenvalue weighted by Gasteiger charge is -2.12. The van der Waals surface area contributed by atoms with Gasteiger partial charge in [-0.25, -0.2) is 0 Å². The Kier molecular flexibility index (Phi) is 3.71. The Morgan fingerprint density at radius 3 is 2.68 bits per heavy atom. The molecule has 1 aliphatic carbocycles. The van der Waals surface area contributed by atoms with Crippen LogP contribution in [-0.4, -0.2) is 5.91 Å². The Morgan fingerprint density at radius 2 is 1.89 bits per heavy atom. The molecule has 2 nitrogen and oxygen atoms in total. The molecule has 4 heteroatoms. The molecular formula is C15H14BrNOS. The smallest absolute Gasteiger partial charge is 0.256 e. The largest absolute Gasteiger partial charge is 0.322 e. The minimum Gasteiger partial charge on any atom is -0.322 e. The van der Waals surface area contributed by atoms with Gasteiger partial charge in [-0.1, -0.05) is 15.9 Å². The first-order valence-corrected chi connectivity index (χ1v) is 8.07. The standard InChI is InChI=1S/C15H14BrNOS/c16-10-5-7-11(8-6-10)17-15(18)13-9-19-14-4-2-1-3-12(13)14/h5-9H,1-4H2,(H,17,18). The lowest BCUT2D eigenvalue weighted by molar-refractivity contribution is 0.102. The molecule has 0 spiro atoms. The van der Waals surface area contributed by atoms with Gasteiger partial charge >= 0.3 is 0 Å². The van der Waals surface area contributed by atoms with Crippen LogP contribution in [-0.2, 0) is 12.8 Å². The van der Waals surface area contributed by atoms with Crippen LogP contribution < -0.4 is 5.32 Å². The first kappa shape index (κ1) is 12.9. The lowest BCUT2D eigenvalue weighted by atomic mass is 9.95. The van der Waals surface area contributed by atoms with Crippen molar-refractivity contribution in [3.05, 3.63) is 50.1 Å². The Bertz CT molecular complexity index is 603. The van der Waals surface area contributed by atoms with Gasteiger partial charge in [0.25, 0.3) is 5.91 Å². The number of carbonyl (C=O) groups excluding carboxylic acids is 1. The van der Waals surface area contributed by atoms with Gasteiger partial charge in [0.1, 0.15) is 0 Å². The number of fused-ring (bicyclic) bond motifs is 1. The third-order valence-corrected chi connectivity index (χ3v) is 5.03. The summed E-state index contributed by atoms with van der Waals surface area (Å²) in [6.07, 6.45) is 4.62. The number of nitrogens with one attached hydrogen (secondary N) is 1. The van der Waals surface area contributed by atoms with E-state index in [9.17, 15) is 4.79 Å². The van der Waals surface area contributed by atoms with E-state index in [0.29, 0.717) is 0 Å². The van der Waals surface area contributed by atoms with Gasteiger partial charge in [-0.3, -0.25) is 4.79 Å². The second-order valence-corrected chi connectivity index (χ2v) is 6.60. The molecule has 1 heterocycles. The predicted molar refractivity (Wildman–Crippen MR) is 83.1 cm³/mol. The topological polar surface area (TPSA) is 29.1 Å². The summed E-state index contributed by atoms with van der Waals surface area (Å²) in [5.41, 5.74) is 2.97. The van der Waals surface area contributed by atoms with Crippen LogP contribution >= 0.6 is 27.3 Å².